The number of rotatable bonds is 5. The number of benzene rings is 1. The van der Waals surface area contributed by atoms with Crippen LogP contribution >= 0.6 is 0 Å². The maximum absolute atomic E-state index is 13.2. The Balaban J connectivity index is 1.36. The number of hydrogen-bond donors (Lipinski definition) is 3. The van der Waals surface area contributed by atoms with Crippen LogP contribution in [0.4, 0.5) is 5.95 Å². The summed E-state index contributed by atoms with van der Waals surface area (Å²) in [7, 11) is 0. The van der Waals surface area contributed by atoms with Gasteiger partial charge in [0.1, 0.15) is 6.04 Å². The van der Waals surface area contributed by atoms with Crippen LogP contribution in [-0.4, -0.2) is 57.6 Å². The van der Waals surface area contributed by atoms with E-state index in [-0.39, 0.29) is 30.5 Å². The third-order valence-electron chi connectivity index (χ3n) is 6.15. The van der Waals surface area contributed by atoms with E-state index in [2.05, 4.69) is 25.9 Å². The van der Waals surface area contributed by atoms with E-state index in [0.717, 1.165) is 30.1 Å². The topological polar surface area (TPSA) is 133 Å². The van der Waals surface area contributed by atoms with Gasteiger partial charge in [-0.3, -0.25) is 29.4 Å². The molecule has 0 saturated carbocycles. The number of carbonyl (C=O) groups excluding carboxylic acids is 4. The van der Waals surface area contributed by atoms with Crippen LogP contribution in [0.2, 0.25) is 0 Å². The highest BCUT2D eigenvalue weighted by Crippen LogP contribution is 2.30. The molecule has 4 heterocycles. The molecule has 0 aliphatic carbocycles. The summed E-state index contributed by atoms with van der Waals surface area (Å²) < 4.78 is 0. The number of carbonyl (C=O) groups is 4. The standard InChI is InChI=1S/C22H22N6O4/c29-17-5-4-16(19(30)27-17)28-20(31)14-3-1-2-13(18(14)21(28)32)11-25-22-24-9-7-15(26-22)12-6-8-23-10-12/h1-3,7,9,12,16,23H,4-6,8,10-11H2,(H,24,25,26)(H,27,29,30). The second-order valence-corrected chi connectivity index (χ2v) is 8.14. The lowest BCUT2D eigenvalue weighted by Crippen LogP contribution is -2.54. The minimum Gasteiger partial charge on any atom is -0.350 e. The van der Waals surface area contributed by atoms with Gasteiger partial charge in [-0.1, -0.05) is 12.1 Å². The molecular weight excluding hydrogens is 412 g/mol. The number of fused-ring (bicyclic) bond motifs is 1. The molecule has 0 spiro atoms. The van der Waals surface area contributed by atoms with Crippen LogP contribution < -0.4 is 16.0 Å². The first kappa shape index (κ1) is 20.3. The SMILES string of the molecule is O=C1CCC(N2C(=O)c3cccc(CNc4nccc(C5CCNC5)n4)c3C2=O)C(=O)N1. The Bertz CT molecular complexity index is 1130. The largest absolute Gasteiger partial charge is 0.350 e. The van der Waals surface area contributed by atoms with Crippen molar-refractivity contribution in [2.45, 2.75) is 37.8 Å². The molecule has 1 aromatic carbocycles. The average Bonchev–Trinajstić information content (AvgIpc) is 3.41. The Hall–Kier alpha value is -3.66. The number of amides is 4. The van der Waals surface area contributed by atoms with E-state index in [0.29, 0.717) is 17.4 Å². The fraction of sp³-hybridized carbons (Fsp3) is 0.364. The number of anilines is 1. The molecule has 0 bridgehead atoms. The van der Waals surface area contributed by atoms with Gasteiger partial charge in [-0.25, -0.2) is 9.97 Å². The van der Waals surface area contributed by atoms with Crippen LogP contribution in [0, 0.1) is 0 Å². The monoisotopic (exact) mass is 434 g/mol. The fourth-order valence-corrected chi connectivity index (χ4v) is 4.50. The van der Waals surface area contributed by atoms with Gasteiger partial charge < -0.3 is 10.6 Å². The van der Waals surface area contributed by atoms with E-state index >= 15 is 0 Å². The maximum Gasteiger partial charge on any atom is 0.262 e. The van der Waals surface area contributed by atoms with Crippen molar-refractivity contribution in [3.8, 4) is 0 Å². The molecule has 5 rings (SSSR count). The van der Waals surface area contributed by atoms with Crippen molar-refractivity contribution in [3.05, 3.63) is 52.8 Å². The number of nitrogens with one attached hydrogen (secondary N) is 3. The van der Waals surface area contributed by atoms with Gasteiger partial charge in [-0.2, -0.15) is 0 Å². The van der Waals surface area contributed by atoms with Crippen LogP contribution in [0.15, 0.2) is 30.5 Å². The van der Waals surface area contributed by atoms with Gasteiger partial charge in [-0.05, 0) is 37.1 Å². The Morgan fingerprint density at radius 2 is 1.97 bits per heavy atom. The first-order valence-corrected chi connectivity index (χ1v) is 10.6. The van der Waals surface area contributed by atoms with Crippen LogP contribution in [-0.2, 0) is 16.1 Å². The summed E-state index contributed by atoms with van der Waals surface area (Å²) in [6.45, 7) is 2.10. The van der Waals surface area contributed by atoms with Gasteiger partial charge >= 0.3 is 0 Å². The molecule has 10 nitrogen and oxygen atoms in total. The molecule has 32 heavy (non-hydrogen) atoms. The van der Waals surface area contributed by atoms with E-state index in [1.54, 1.807) is 24.4 Å². The fourth-order valence-electron chi connectivity index (χ4n) is 4.50. The summed E-state index contributed by atoms with van der Waals surface area (Å²) in [6, 6.07) is 5.96. The van der Waals surface area contributed by atoms with Crippen LogP contribution in [0.3, 0.4) is 0 Å². The first-order valence-electron chi connectivity index (χ1n) is 10.6. The Kier molecular flexibility index (Phi) is 5.14. The van der Waals surface area contributed by atoms with Crippen LogP contribution in [0.25, 0.3) is 0 Å². The zero-order valence-corrected chi connectivity index (χ0v) is 17.3. The zero-order chi connectivity index (χ0) is 22.2. The molecule has 2 fully saturated rings. The highest BCUT2D eigenvalue weighted by atomic mass is 16.2. The summed E-state index contributed by atoms with van der Waals surface area (Å²) in [5, 5.41) is 8.68. The van der Waals surface area contributed by atoms with Crippen molar-refractivity contribution < 1.29 is 19.2 Å². The van der Waals surface area contributed by atoms with Crippen molar-refractivity contribution in [1.29, 1.82) is 0 Å². The lowest BCUT2D eigenvalue weighted by molar-refractivity contribution is -0.136. The number of piperidine rings is 1. The van der Waals surface area contributed by atoms with E-state index in [9.17, 15) is 19.2 Å². The minimum absolute atomic E-state index is 0.0857. The number of hydrogen-bond acceptors (Lipinski definition) is 8. The van der Waals surface area contributed by atoms with Crippen molar-refractivity contribution in [1.82, 2.24) is 25.5 Å². The lowest BCUT2D eigenvalue weighted by atomic mass is 10.0. The van der Waals surface area contributed by atoms with E-state index < -0.39 is 29.7 Å². The predicted octanol–water partition coefficient (Wildman–Crippen LogP) is 0.567. The van der Waals surface area contributed by atoms with Crippen molar-refractivity contribution in [2.24, 2.45) is 0 Å². The minimum atomic E-state index is -0.985. The molecule has 2 unspecified atom stereocenters. The maximum atomic E-state index is 13.2. The van der Waals surface area contributed by atoms with Gasteiger partial charge in [0.25, 0.3) is 11.8 Å². The molecule has 0 radical (unpaired) electrons. The highest BCUT2D eigenvalue weighted by molar-refractivity contribution is 6.24. The van der Waals surface area contributed by atoms with Gasteiger partial charge in [0.2, 0.25) is 17.8 Å². The van der Waals surface area contributed by atoms with E-state index in [1.807, 2.05) is 6.07 Å². The lowest BCUT2D eigenvalue weighted by Gasteiger charge is -2.27. The molecule has 2 saturated heterocycles. The van der Waals surface area contributed by atoms with Gasteiger partial charge in [0.05, 0.1) is 16.8 Å². The molecule has 2 atom stereocenters. The van der Waals surface area contributed by atoms with Gasteiger partial charge in [-0.15, -0.1) is 0 Å². The Morgan fingerprint density at radius 1 is 1.09 bits per heavy atom. The summed E-state index contributed by atoms with van der Waals surface area (Å²) in [5.74, 6) is -1.27. The van der Waals surface area contributed by atoms with Gasteiger partial charge in [0.15, 0.2) is 0 Å². The second kappa shape index (κ2) is 8.12. The number of aromatic nitrogens is 2. The molecule has 164 valence electrons. The second-order valence-electron chi connectivity index (χ2n) is 8.14. The Labute approximate surface area is 183 Å². The van der Waals surface area contributed by atoms with Gasteiger partial charge in [0, 0.05) is 31.6 Å². The summed E-state index contributed by atoms with van der Waals surface area (Å²) in [6.07, 6.45) is 2.94. The third-order valence-corrected chi connectivity index (χ3v) is 6.15. The molecule has 3 N–H and O–H groups in total. The van der Waals surface area contributed by atoms with Crippen molar-refractivity contribution in [3.63, 3.8) is 0 Å². The van der Waals surface area contributed by atoms with Crippen LogP contribution in [0.1, 0.15) is 57.2 Å². The molecule has 10 heteroatoms. The normalized spacial score (nSPS) is 22.8. The zero-order valence-electron chi connectivity index (χ0n) is 17.3. The summed E-state index contributed by atoms with van der Waals surface area (Å²) >= 11 is 0. The molecule has 3 aliphatic rings. The van der Waals surface area contributed by atoms with E-state index in [4.69, 9.17) is 0 Å². The van der Waals surface area contributed by atoms with E-state index in [1.165, 1.54) is 0 Å². The number of imide groups is 2. The summed E-state index contributed by atoms with van der Waals surface area (Å²) in [4.78, 5) is 59.7. The number of nitrogens with zero attached hydrogens (tertiary/aromatic N) is 3. The average molecular weight is 434 g/mol. The molecule has 2 aromatic rings. The predicted molar refractivity (Wildman–Crippen MR) is 113 cm³/mol. The smallest absolute Gasteiger partial charge is 0.262 e. The third kappa shape index (κ3) is 3.52. The molecule has 4 amide bonds. The van der Waals surface area contributed by atoms with Crippen LogP contribution in [0.5, 0.6) is 0 Å². The van der Waals surface area contributed by atoms with Crippen molar-refractivity contribution in [2.75, 3.05) is 18.4 Å². The molecular formula is C22H22N6O4. The quantitative estimate of drug-likeness (QED) is 0.582. The Morgan fingerprint density at radius 3 is 2.75 bits per heavy atom. The molecule has 1 aromatic heterocycles. The molecule has 3 aliphatic heterocycles. The first-order chi connectivity index (χ1) is 15.5. The van der Waals surface area contributed by atoms with Crippen molar-refractivity contribution >= 4 is 29.6 Å². The summed E-state index contributed by atoms with van der Waals surface area (Å²) in [5.41, 5.74) is 2.10. The highest BCUT2D eigenvalue weighted by Gasteiger charge is 2.45.